The van der Waals surface area contributed by atoms with E-state index in [0.29, 0.717) is 27.2 Å². The van der Waals surface area contributed by atoms with Gasteiger partial charge in [-0.1, -0.05) is 35.3 Å². The number of carbonyl (C=O) groups is 4. The number of carboxylic acids is 1. The zero-order valence-electron chi connectivity index (χ0n) is 20.2. The van der Waals surface area contributed by atoms with E-state index in [-0.39, 0.29) is 33.5 Å². The van der Waals surface area contributed by atoms with Crippen LogP contribution in [-0.4, -0.2) is 35.5 Å². The third-order valence-corrected chi connectivity index (χ3v) is 7.03. The highest BCUT2D eigenvalue weighted by Crippen LogP contribution is 2.36. The topological polar surface area (TPSA) is 122 Å². The molecule has 1 saturated heterocycles. The fourth-order valence-corrected chi connectivity index (χ4v) is 4.73. The largest absolute Gasteiger partial charge is 0.490 e. The predicted octanol–water partition coefficient (Wildman–Crippen LogP) is 5.94. The standard InChI is InChI=1S/C27H19Cl2IN2O7/c1-2-38-22-11-15(10-21(30)23(22)39-13-14-3-5-16(6-4-14)26(35)36)9-18-24(33)31-27(37)32(25(18)34)17-7-8-19(28)20(29)12-17/h3-12H,2,13H2,1H3,(H,35,36)(H,31,33,37)/b18-9+. The van der Waals surface area contributed by atoms with Crippen LogP contribution in [0.5, 0.6) is 11.5 Å². The van der Waals surface area contributed by atoms with Gasteiger partial charge >= 0.3 is 12.0 Å². The third kappa shape index (κ3) is 6.35. The highest BCUT2D eigenvalue weighted by atomic mass is 127. The molecule has 12 heteroatoms. The van der Waals surface area contributed by atoms with Crippen LogP contribution in [-0.2, 0) is 16.2 Å². The van der Waals surface area contributed by atoms with Gasteiger partial charge < -0.3 is 14.6 Å². The number of rotatable bonds is 8. The molecule has 0 unspecified atom stereocenters. The van der Waals surface area contributed by atoms with Crippen molar-refractivity contribution >= 4 is 81.4 Å². The van der Waals surface area contributed by atoms with E-state index in [4.69, 9.17) is 37.8 Å². The molecule has 0 atom stereocenters. The van der Waals surface area contributed by atoms with E-state index < -0.39 is 23.8 Å². The minimum absolute atomic E-state index is 0.140. The number of urea groups is 1. The minimum Gasteiger partial charge on any atom is -0.490 e. The summed E-state index contributed by atoms with van der Waals surface area (Å²) in [4.78, 5) is 50.2. The summed E-state index contributed by atoms with van der Waals surface area (Å²) in [5.74, 6) is -1.89. The van der Waals surface area contributed by atoms with E-state index in [0.717, 1.165) is 10.5 Å². The van der Waals surface area contributed by atoms with E-state index in [1.165, 1.54) is 36.4 Å². The fraction of sp³-hybridized carbons (Fsp3) is 0.111. The van der Waals surface area contributed by atoms with Gasteiger partial charge in [0, 0.05) is 0 Å². The average Bonchev–Trinajstić information content (AvgIpc) is 2.88. The normalized spacial score (nSPS) is 14.4. The van der Waals surface area contributed by atoms with Crippen molar-refractivity contribution in [1.29, 1.82) is 0 Å². The molecule has 0 bridgehead atoms. The lowest BCUT2D eigenvalue weighted by Crippen LogP contribution is -2.54. The molecule has 4 rings (SSSR count). The van der Waals surface area contributed by atoms with Crippen LogP contribution >= 0.6 is 45.8 Å². The molecule has 39 heavy (non-hydrogen) atoms. The lowest BCUT2D eigenvalue weighted by atomic mass is 10.1. The third-order valence-electron chi connectivity index (χ3n) is 5.49. The lowest BCUT2D eigenvalue weighted by molar-refractivity contribution is -0.122. The number of hydrogen-bond acceptors (Lipinski definition) is 6. The number of aromatic carboxylic acids is 1. The first kappa shape index (κ1) is 28.4. The molecule has 0 aromatic heterocycles. The van der Waals surface area contributed by atoms with Crippen LogP contribution in [0.3, 0.4) is 0 Å². The summed E-state index contributed by atoms with van der Waals surface area (Å²) in [6.45, 7) is 2.27. The quantitative estimate of drug-likeness (QED) is 0.172. The van der Waals surface area contributed by atoms with Crippen molar-refractivity contribution in [3.8, 4) is 11.5 Å². The van der Waals surface area contributed by atoms with Gasteiger partial charge in [0.25, 0.3) is 11.8 Å². The number of anilines is 1. The SMILES string of the molecule is CCOc1cc(/C=C2\C(=O)NC(=O)N(c3ccc(Cl)c(Cl)c3)C2=O)cc(I)c1OCc1ccc(C(=O)O)cc1. The van der Waals surface area contributed by atoms with Crippen LogP contribution in [0.4, 0.5) is 10.5 Å². The summed E-state index contributed by atoms with van der Waals surface area (Å²) >= 11 is 14.0. The number of carboxylic acid groups (broad SMARTS) is 1. The van der Waals surface area contributed by atoms with Crippen LogP contribution in [0.25, 0.3) is 6.08 Å². The second-order valence-electron chi connectivity index (χ2n) is 8.11. The van der Waals surface area contributed by atoms with Crippen LogP contribution in [0.15, 0.2) is 60.2 Å². The molecule has 1 fully saturated rings. The molecule has 200 valence electrons. The van der Waals surface area contributed by atoms with Crippen molar-refractivity contribution in [2.24, 2.45) is 0 Å². The Balaban J connectivity index is 1.63. The van der Waals surface area contributed by atoms with Crippen molar-refractivity contribution in [1.82, 2.24) is 5.32 Å². The number of halogens is 3. The van der Waals surface area contributed by atoms with Crippen LogP contribution in [0, 0.1) is 3.57 Å². The number of benzene rings is 3. The minimum atomic E-state index is -1.02. The number of nitrogens with zero attached hydrogens (tertiary/aromatic N) is 1. The number of barbiturate groups is 1. The predicted molar refractivity (Wildman–Crippen MR) is 154 cm³/mol. The summed E-state index contributed by atoms with van der Waals surface area (Å²) in [6.07, 6.45) is 1.35. The summed E-state index contributed by atoms with van der Waals surface area (Å²) in [7, 11) is 0. The number of hydrogen-bond donors (Lipinski definition) is 2. The van der Waals surface area contributed by atoms with Crippen molar-refractivity contribution in [2.45, 2.75) is 13.5 Å². The molecule has 3 aromatic rings. The average molecular weight is 681 g/mol. The molecular weight excluding hydrogens is 662 g/mol. The second kappa shape index (κ2) is 12.1. The van der Waals surface area contributed by atoms with E-state index >= 15 is 0 Å². The number of carbonyl (C=O) groups excluding carboxylic acids is 3. The van der Waals surface area contributed by atoms with Gasteiger partial charge in [-0.3, -0.25) is 14.9 Å². The maximum absolute atomic E-state index is 13.2. The Hall–Kier alpha value is -3.61. The molecule has 0 saturated carbocycles. The number of nitrogens with one attached hydrogen (secondary N) is 1. The summed E-state index contributed by atoms with van der Waals surface area (Å²) < 4.78 is 12.4. The zero-order valence-corrected chi connectivity index (χ0v) is 23.8. The highest BCUT2D eigenvalue weighted by Gasteiger charge is 2.37. The first-order valence-electron chi connectivity index (χ1n) is 11.4. The maximum atomic E-state index is 13.2. The molecule has 1 aliphatic heterocycles. The van der Waals surface area contributed by atoms with Crippen molar-refractivity contribution in [3.05, 3.63) is 90.5 Å². The Morgan fingerprint density at radius 2 is 1.74 bits per heavy atom. The van der Waals surface area contributed by atoms with E-state index in [9.17, 15) is 19.2 Å². The van der Waals surface area contributed by atoms with Crippen molar-refractivity contribution in [2.75, 3.05) is 11.5 Å². The fourth-order valence-electron chi connectivity index (χ4n) is 3.66. The van der Waals surface area contributed by atoms with Gasteiger partial charge in [0.05, 0.1) is 31.5 Å². The lowest BCUT2D eigenvalue weighted by Gasteiger charge is -2.26. The first-order valence-corrected chi connectivity index (χ1v) is 13.2. The number of ether oxygens (including phenoxy) is 2. The highest BCUT2D eigenvalue weighted by molar-refractivity contribution is 14.1. The van der Waals surface area contributed by atoms with E-state index in [1.54, 1.807) is 31.2 Å². The van der Waals surface area contributed by atoms with Crippen molar-refractivity contribution < 1.29 is 33.8 Å². The molecule has 0 aliphatic carbocycles. The Morgan fingerprint density at radius 1 is 1.03 bits per heavy atom. The molecule has 9 nitrogen and oxygen atoms in total. The van der Waals surface area contributed by atoms with Gasteiger partial charge in [-0.15, -0.1) is 0 Å². The van der Waals surface area contributed by atoms with Gasteiger partial charge in [0.15, 0.2) is 11.5 Å². The van der Waals surface area contributed by atoms with Gasteiger partial charge in [0.1, 0.15) is 12.2 Å². The Kier molecular flexibility index (Phi) is 8.78. The molecule has 3 aromatic carbocycles. The summed E-state index contributed by atoms with van der Waals surface area (Å²) in [5.41, 5.74) is 1.26. The van der Waals surface area contributed by atoms with Gasteiger partial charge in [0.2, 0.25) is 0 Å². The van der Waals surface area contributed by atoms with E-state index in [1.807, 2.05) is 22.6 Å². The zero-order chi connectivity index (χ0) is 28.3. The molecular formula is C27H19Cl2IN2O7. The molecule has 1 heterocycles. The van der Waals surface area contributed by atoms with Gasteiger partial charge in [-0.2, -0.15) is 0 Å². The van der Waals surface area contributed by atoms with Crippen LogP contribution < -0.4 is 19.7 Å². The first-order chi connectivity index (χ1) is 18.6. The Bertz CT molecular complexity index is 1520. The molecule has 1 aliphatic rings. The molecule has 2 N–H and O–H groups in total. The van der Waals surface area contributed by atoms with Crippen molar-refractivity contribution in [3.63, 3.8) is 0 Å². The van der Waals surface area contributed by atoms with Gasteiger partial charge in [-0.05, 0) is 89.2 Å². The number of imide groups is 2. The Morgan fingerprint density at radius 3 is 2.38 bits per heavy atom. The van der Waals surface area contributed by atoms with Gasteiger partial charge in [-0.25, -0.2) is 14.5 Å². The van der Waals surface area contributed by atoms with E-state index in [2.05, 4.69) is 5.32 Å². The van der Waals surface area contributed by atoms with Crippen LogP contribution in [0.2, 0.25) is 10.0 Å². The Labute approximate surface area is 246 Å². The number of amides is 4. The smallest absolute Gasteiger partial charge is 0.335 e. The maximum Gasteiger partial charge on any atom is 0.335 e. The molecule has 0 radical (unpaired) electrons. The summed E-state index contributed by atoms with van der Waals surface area (Å²) in [6, 6.07) is 12.9. The summed E-state index contributed by atoms with van der Waals surface area (Å²) in [5, 5.41) is 11.6. The monoisotopic (exact) mass is 680 g/mol. The van der Waals surface area contributed by atoms with Crippen LogP contribution in [0.1, 0.15) is 28.4 Å². The molecule has 0 spiro atoms. The second-order valence-corrected chi connectivity index (χ2v) is 10.1. The molecule has 4 amide bonds.